The molecule has 2 aromatic heterocycles. The standard InChI is InChI=1S/C15H13N3OS/c1-18(10-6-3-2-4-7-10)15(19)13-12(16)11-8-5-9-17-14(11)20-13/h2-9H,16H2,1H3. The van der Waals surface area contributed by atoms with Crippen LogP contribution in [0.3, 0.4) is 0 Å². The van der Waals surface area contributed by atoms with E-state index in [1.54, 1.807) is 18.1 Å². The van der Waals surface area contributed by atoms with Crippen LogP contribution in [0, 0.1) is 0 Å². The molecule has 5 heteroatoms. The number of carbonyl (C=O) groups excluding carboxylic acids is 1. The smallest absolute Gasteiger partial charge is 0.270 e. The molecule has 0 aliphatic heterocycles. The van der Waals surface area contributed by atoms with E-state index in [-0.39, 0.29) is 5.91 Å². The molecule has 3 aromatic rings. The molecule has 0 aliphatic carbocycles. The fourth-order valence-electron chi connectivity index (χ4n) is 2.03. The number of nitrogens with two attached hydrogens (primary N) is 1. The van der Waals surface area contributed by atoms with E-state index in [0.29, 0.717) is 10.6 Å². The van der Waals surface area contributed by atoms with E-state index < -0.39 is 0 Å². The number of nitrogens with zero attached hydrogens (tertiary/aromatic N) is 2. The van der Waals surface area contributed by atoms with Crippen molar-refractivity contribution in [1.82, 2.24) is 4.98 Å². The monoisotopic (exact) mass is 283 g/mol. The topological polar surface area (TPSA) is 59.2 Å². The second-order valence-corrected chi connectivity index (χ2v) is 5.40. The lowest BCUT2D eigenvalue weighted by Gasteiger charge is -2.16. The van der Waals surface area contributed by atoms with Crippen LogP contribution in [0.15, 0.2) is 48.7 Å². The zero-order valence-corrected chi connectivity index (χ0v) is 11.7. The van der Waals surface area contributed by atoms with Crippen molar-refractivity contribution in [3.63, 3.8) is 0 Å². The highest BCUT2D eigenvalue weighted by atomic mass is 32.1. The highest BCUT2D eigenvalue weighted by Gasteiger charge is 2.20. The molecule has 0 spiro atoms. The number of fused-ring (bicyclic) bond motifs is 1. The van der Waals surface area contributed by atoms with Crippen LogP contribution in [0.4, 0.5) is 11.4 Å². The van der Waals surface area contributed by atoms with Crippen molar-refractivity contribution in [1.29, 1.82) is 0 Å². The molecule has 20 heavy (non-hydrogen) atoms. The fraction of sp³-hybridized carbons (Fsp3) is 0.0667. The second kappa shape index (κ2) is 4.94. The predicted molar refractivity (Wildman–Crippen MR) is 83.2 cm³/mol. The van der Waals surface area contributed by atoms with Gasteiger partial charge in [0.25, 0.3) is 5.91 Å². The predicted octanol–water partition coefficient (Wildman–Crippen LogP) is 3.16. The van der Waals surface area contributed by atoms with Crippen molar-refractivity contribution in [2.75, 3.05) is 17.7 Å². The number of rotatable bonds is 2. The van der Waals surface area contributed by atoms with E-state index >= 15 is 0 Å². The Morgan fingerprint density at radius 1 is 1.20 bits per heavy atom. The molecule has 1 amide bonds. The molecule has 1 aromatic carbocycles. The molecule has 2 N–H and O–H groups in total. The van der Waals surface area contributed by atoms with Gasteiger partial charge in [-0.3, -0.25) is 4.79 Å². The molecule has 0 saturated heterocycles. The largest absolute Gasteiger partial charge is 0.397 e. The SMILES string of the molecule is CN(C(=O)c1sc2ncccc2c1N)c1ccccc1. The molecular formula is C15H13N3OS. The van der Waals surface area contributed by atoms with Crippen molar-refractivity contribution in [2.45, 2.75) is 0 Å². The quantitative estimate of drug-likeness (QED) is 0.786. The maximum atomic E-state index is 12.6. The van der Waals surface area contributed by atoms with Gasteiger partial charge in [0, 0.05) is 24.3 Å². The first-order valence-electron chi connectivity index (χ1n) is 6.14. The lowest BCUT2D eigenvalue weighted by Crippen LogP contribution is -2.25. The molecule has 0 aliphatic rings. The Hall–Kier alpha value is -2.40. The van der Waals surface area contributed by atoms with Gasteiger partial charge in [0.05, 0.1) is 5.69 Å². The Kier molecular flexibility index (Phi) is 3.12. The molecular weight excluding hydrogens is 270 g/mol. The lowest BCUT2D eigenvalue weighted by molar-refractivity contribution is 0.0997. The van der Waals surface area contributed by atoms with Gasteiger partial charge in [0.1, 0.15) is 9.71 Å². The van der Waals surface area contributed by atoms with Gasteiger partial charge >= 0.3 is 0 Å². The van der Waals surface area contributed by atoms with Crippen molar-refractivity contribution in [2.24, 2.45) is 0 Å². The first-order valence-corrected chi connectivity index (χ1v) is 6.96. The van der Waals surface area contributed by atoms with Crippen molar-refractivity contribution < 1.29 is 4.79 Å². The summed E-state index contributed by atoms with van der Waals surface area (Å²) in [5, 5.41) is 0.835. The third-order valence-electron chi connectivity index (χ3n) is 3.15. The van der Waals surface area contributed by atoms with Crippen LogP contribution in [0.2, 0.25) is 0 Å². The van der Waals surface area contributed by atoms with E-state index in [0.717, 1.165) is 15.9 Å². The maximum Gasteiger partial charge on any atom is 0.270 e. The Labute approximate surface area is 120 Å². The van der Waals surface area contributed by atoms with Crippen molar-refractivity contribution in [3.05, 3.63) is 53.5 Å². The molecule has 3 rings (SSSR count). The second-order valence-electron chi connectivity index (χ2n) is 4.40. The van der Waals surface area contributed by atoms with Crippen molar-refractivity contribution in [3.8, 4) is 0 Å². The van der Waals surface area contributed by atoms with Gasteiger partial charge in [-0.15, -0.1) is 11.3 Å². The average molecular weight is 283 g/mol. The van der Waals surface area contributed by atoms with Crippen LogP contribution in [0.1, 0.15) is 9.67 Å². The highest BCUT2D eigenvalue weighted by molar-refractivity contribution is 7.21. The molecule has 0 fully saturated rings. The molecule has 2 heterocycles. The number of benzene rings is 1. The van der Waals surface area contributed by atoms with Gasteiger partial charge in [-0.1, -0.05) is 18.2 Å². The third-order valence-corrected chi connectivity index (χ3v) is 4.26. The van der Waals surface area contributed by atoms with Crippen LogP contribution in [0.25, 0.3) is 10.2 Å². The molecule has 100 valence electrons. The van der Waals surface area contributed by atoms with Crippen LogP contribution < -0.4 is 10.6 Å². The summed E-state index contributed by atoms with van der Waals surface area (Å²) in [7, 11) is 1.74. The molecule has 0 unspecified atom stereocenters. The Morgan fingerprint density at radius 3 is 2.65 bits per heavy atom. The summed E-state index contributed by atoms with van der Waals surface area (Å²) in [6.07, 6.45) is 1.70. The summed E-state index contributed by atoms with van der Waals surface area (Å²) in [6, 6.07) is 13.2. The van der Waals surface area contributed by atoms with Gasteiger partial charge in [-0.25, -0.2) is 4.98 Å². The minimum absolute atomic E-state index is 0.114. The summed E-state index contributed by atoms with van der Waals surface area (Å²) >= 11 is 1.33. The number of amides is 1. The normalized spacial score (nSPS) is 10.7. The molecule has 4 nitrogen and oxygen atoms in total. The summed E-state index contributed by atoms with van der Waals surface area (Å²) in [5.41, 5.74) is 7.42. The minimum atomic E-state index is -0.114. The summed E-state index contributed by atoms with van der Waals surface area (Å²) in [6.45, 7) is 0. The van der Waals surface area contributed by atoms with E-state index in [4.69, 9.17) is 5.73 Å². The Balaban J connectivity index is 2.03. The third kappa shape index (κ3) is 2.02. The Bertz CT molecular complexity index is 767. The van der Waals surface area contributed by atoms with Gasteiger partial charge < -0.3 is 10.6 Å². The number of para-hydroxylation sites is 1. The first-order chi connectivity index (χ1) is 9.68. The first kappa shape index (κ1) is 12.6. The molecule has 0 atom stereocenters. The number of thiophene rings is 1. The van der Waals surface area contributed by atoms with E-state index in [2.05, 4.69) is 4.98 Å². The number of carbonyl (C=O) groups is 1. The number of anilines is 2. The van der Waals surface area contributed by atoms with Crippen LogP contribution in [0.5, 0.6) is 0 Å². The Morgan fingerprint density at radius 2 is 1.95 bits per heavy atom. The van der Waals surface area contributed by atoms with Gasteiger partial charge in [-0.2, -0.15) is 0 Å². The zero-order chi connectivity index (χ0) is 14.1. The number of hydrogen-bond acceptors (Lipinski definition) is 4. The van der Waals surface area contributed by atoms with E-state index in [1.807, 2.05) is 42.5 Å². The van der Waals surface area contributed by atoms with E-state index in [1.165, 1.54) is 11.3 Å². The zero-order valence-electron chi connectivity index (χ0n) is 10.9. The highest BCUT2D eigenvalue weighted by Crippen LogP contribution is 2.33. The molecule has 0 bridgehead atoms. The number of hydrogen-bond donors (Lipinski definition) is 1. The summed E-state index contributed by atoms with van der Waals surface area (Å²) in [5.74, 6) is -0.114. The lowest BCUT2D eigenvalue weighted by atomic mass is 10.2. The van der Waals surface area contributed by atoms with Gasteiger partial charge in [0.15, 0.2) is 0 Å². The molecule has 0 radical (unpaired) electrons. The number of nitrogen functional groups attached to an aromatic ring is 1. The average Bonchev–Trinajstić information content (AvgIpc) is 2.84. The van der Waals surface area contributed by atoms with Crippen LogP contribution >= 0.6 is 11.3 Å². The maximum absolute atomic E-state index is 12.6. The number of aromatic nitrogens is 1. The number of pyridine rings is 1. The summed E-state index contributed by atoms with van der Waals surface area (Å²) < 4.78 is 0. The summed E-state index contributed by atoms with van der Waals surface area (Å²) in [4.78, 5) is 19.7. The minimum Gasteiger partial charge on any atom is -0.397 e. The van der Waals surface area contributed by atoms with Crippen LogP contribution in [-0.4, -0.2) is 17.9 Å². The fourth-order valence-corrected chi connectivity index (χ4v) is 3.07. The van der Waals surface area contributed by atoms with Crippen LogP contribution in [-0.2, 0) is 0 Å². The van der Waals surface area contributed by atoms with Gasteiger partial charge in [-0.05, 0) is 24.3 Å². The van der Waals surface area contributed by atoms with Crippen molar-refractivity contribution >= 4 is 38.8 Å². The molecule has 0 saturated carbocycles. The van der Waals surface area contributed by atoms with Gasteiger partial charge in [0.2, 0.25) is 0 Å². The van der Waals surface area contributed by atoms with E-state index in [9.17, 15) is 4.79 Å².